The zero-order valence-corrected chi connectivity index (χ0v) is 13.1. The van der Waals surface area contributed by atoms with Gasteiger partial charge in [-0.25, -0.2) is 14.6 Å². The van der Waals surface area contributed by atoms with Crippen LogP contribution in [0.25, 0.3) is 5.95 Å². The lowest BCUT2D eigenvalue weighted by Gasteiger charge is -2.05. The zero-order valence-electron chi connectivity index (χ0n) is 13.1. The number of aromatic nitrogens is 4. The molecule has 0 aliphatic heterocycles. The van der Waals surface area contributed by atoms with E-state index in [-0.39, 0.29) is 5.97 Å². The highest BCUT2D eigenvalue weighted by molar-refractivity contribution is 5.69. The normalized spacial score (nSPS) is 10.7. The third-order valence-electron chi connectivity index (χ3n) is 3.41. The molecule has 21 heavy (non-hydrogen) atoms. The van der Waals surface area contributed by atoms with Gasteiger partial charge in [-0.3, -0.25) is 4.79 Å². The molecule has 2 rings (SSSR count). The molecule has 0 N–H and O–H groups in total. The van der Waals surface area contributed by atoms with Crippen molar-refractivity contribution in [3.63, 3.8) is 0 Å². The van der Waals surface area contributed by atoms with Gasteiger partial charge in [-0.1, -0.05) is 0 Å². The van der Waals surface area contributed by atoms with E-state index in [0.717, 1.165) is 28.3 Å². The van der Waals surface area contributed by atoms with E-state index in [1.54, 1.807) is 4.68 Å². The van der Waals surface area contributed by atoms with E-state index < -0.39 is 0 Å². The minimum Gasteiger partial charge on any atom is -0.469 e. The van der Waals surface area contributed by atoms with Crippen LogP contribution in [0.1, 0.15) is 34.8 Å². The Labute approximate surface area is 124 Å². The van der Waals surface area contributed by atoms with E-state index in [4.69, 9.17) is 0 Å². The van der Waals surface area contributed by atoms with Crippen LogP contribution in [-0.2, 0) is 16.0 Å². The Morgan fingerprint density at radius 1 is 1.19 bits per heavy atom. The lowest BCUT2D eigenvalue weighted by atomic mass is 10.1. The van der Waals surface area contributed by atoms with Crippen LogP contribution in [0.3, 0.4) is 0 Å². The molecule has 2 aromatic rings. The van der Waals surface area contributed by atoms with Gasteiger partial charge in [-0.2, -0.15) is 5.10 Å². The van der Waals surface area contributed by atoms with Crippen molar-refractivity contribution in [1.82, 2.24) is 19.7 Å². The minimum absolute atomic E-state index is 0.218. The summed E-state index contributed by atoms with van der Waals surface area (Å²) in [5, 5.41) is 4.51. The average Bonchev–Trinajstić information content (AvgIpc) is 2.70. The van der Waals surface area contributed by atoms with Gasteiger partial charge in [0, 0.05) is 23.5 Å². The molecule has 0 amide bonds. The predicted molar refractivity (Wildman–Crippen MR) is 78.4 cm³/mol. The second-order valence-corrected chi connectivity index (χ2v) is 5.09. The number of esters is 1. The van der Waals surface area contributed by atoms with Gasteiger partial charge in [0.25, 0.3) is 5.95 Å². The first-order chi connectivity index (χ1) is 9.92. The monoisotopic (exact) mass is 288 g/mol. The van der Waals surface area contributed by atoms with Crippen molar-refractivity contribution in [3.8, 4) is 5.95 Å². The summed E-state index contributed by atoms with van der Waals surface area (Å²) in [4.78, 5) is 20.2. The molecule has 0 aromatic carbocycles. The largest absolute Gasteiger partial charge is 0.469 e. The van der Waals surface area contributed by atoms with Crippen LogP contribution in [0.15, 0.2) is 6.07 Å². The predicted octanol–water partition coefficient (Wildman–Crippen LogP) is 2.00. The lowest BCUT2D eigenvalue weighted by Crippen LogP contribution is -2.07. The molecule has 0 saturated carbocycles. The van der Waals surface area contributed by atoms with E-state index in [2.05, 4.69) is 19.8 Å². The van der Waals surface area contributed by atoms with Crippen molar-refractivity contribution in [2.75, 3.05) is 7.11 Å². The maximum absolute atomic E-state index is 11.3. The van der Waals surface area contributed by atoms with Crippen molar-refractivity contribution in [1.29, 1.82) is 0 Å². The molecule has 6 nitrogen and oxygen atoms in total. The smallest absolute Gasteiger partial charge is 0.305 e. The maximum Gasteiger partial charge on any atom is 0.305 e. The zero-order chi connectivity index (χ0) is 15.6. The van der Waals surface area contributed by atoms with Gasteiger partial charge < -0.3 is 4.74 Å². The highest BCUT2D eigenvalue weighted by Gasteiger charge is 2.16. The molecule has 0 unspecified atom stereocenters. The summed E-state index contributed by atoms with van der Waals surface area (Å²) in [7, 11) is 1.40. The first kappa shape index (κ1) is 15.2. The SMILES string of the molecule is COC(=O)CCc1c(C)nn(-c2nc(C)cc(C)n2)c1C. The van der Waals surface area contributed by atoms with Crippen LogP contribution in [0.2, 0.25) is 0 Å². The van der Waals surface area contributed by atoms with Gasteiger partial charge in [-0.05, 0) is 45.7 Å². The van der Waals surface area contributed by atoms with Crippen LogP contribution in [0.4, 0.5) is 0 Å². The van der Waals surface area contributed by atoms with E-state index in [1.807, 2.05) is 33.8 Å². The molecular weight excluding hydrogens is 268 g/mol. The molecule has 112 valence electrons. The Balaban J connectivity index is 2.36. The fraction of sp³-hybridized carbons (Fsp3) is 0.467. The quantitative estimate of drug-likeness (QED) is 0.805. The first-order valence-corrected chi connectivity index (χ1v) is 6.87. The van der Waals surface area contributed by atoms with Crippen molar-refractivity contribution < 1.29 is 9.53 Å². The van der Waals surface area contributed by atoms with Crippen LogP contribution in [0.5, 0.6) is 0 Å². The number of hydrogen-bond donors (Lipinski definition) is 0. The molecule has 0 radical (unpaired) electrons. The van der Waals surface area contributed by atoms with Gasteiger partial charge >= 0.3 is 5.97 Å². The number of ether oxygens (including phenoxy) is 1. The second kappa shape index (κ2) is 6.03. The standard InChI is InChI=1S/C15H20N4O2/c1-9-8-10(2)17-15(16-9)19-12(4)13(11(3)18-19)6-7-14(20)21-5/h8H,6-7H2,1-5H3. The van der Waals surface area contributed by atoms with E-state index >= 15 is 0 Å². The lowest BCUT2D eigenvalue weighted by molar-refractivity contribution is -0.140. The van der Waals surface area contributed by atoms with Crippen LogP contribution in [-0.4, -0.2) is 32.8 Å². The third-order valence-corrected chi connectivity index (χ3v) is 3.41. The van der Waals surface area contributed by atoms with E-state index in [9.17, 15) is 4.79 Å². The molecule has 2 heterocycles. The van der Waals surface area contributed by atoms with Gasteiger partial charge in [0.15, 0.2) is 0 Å². The summed E-state index contributed by atoms with van der Waals surface area (Å²) in [6.45, 7) is 7.76. The Morgan fingerprint density at radius 2 is 1.81 bits per heavy atom. The summed E-state index contributed by atoms with van der Waals surface area (Å²) >= 11 is 0. The number of methoxy groups -OCH3 is 1. The Bertz CT molecular complexity index is 656. The van der Waals surface area contributed by atoms with E-state index in [0.29, 0.717) is 18.8 Å². The summed E-state index contributed by atoms with van der Waals surface area (Å²) in [6, 6.07) is 1.92. The summed E-state index contributed by atoms with van der Waals surface area (Å²) in [5.74, 6) is 0.349. The topological polar surface area (TPSA) is 69.9 Å². The van der Waals surface area contributed by atoms with Gasteiger partial charge in [0.1, 0.15) is 0 Å². The summed E-state index contributed by atoms with van der Waals surface area (Å²) in [5.41, 5.74) is 4.70. The Kier molecular flexibility index (Phi) is 4.35. The molecule has 0 spiro atoms. The Hall–Kier alpha value is -2.24. The first-order valence-electron chi connectivity index (χ1n) is 6.87. The van der Waals surface area contributed by atoms with E-state index in [1.165, 1.54) is 7.11 Å². The van der Waals surface area contributed by atoms with Crippen LogP contribution < -0.4 is 0 Å². The molecular formula is C15H20N4O2. The summed E-state index contributed by atoms with van der Waals surface area (Å²) < 4.78 is 6.42. The summed E-state index contributed by atoms with van der Waals surface area (Å²) in [6.07, 6.45) is 0.951. The van der Waals surface area contributed by atoms with Gasteiger partial charge in [0.05, 0.1) is 12.8 Å². The van der Waals surface area contributed by atoms with Crippen molar-refractivity contribution in [2.24, 2.45) is 0 Å². The molecule has 2 aromatic heterocycles. The van der Waals surface area contributed by atoms with Crippen molar-refractivity contribution in [2.45, 2.75) is 40.5 Å². The van der Waals surface area contributed by atoms with Crippen LogP contribution in [0, 0.1) is 27.7 Å². The molecule has 6 heteroatoms. The average molecular weight is 288 g/mol. The highest BCUT2D eigenvalue weighted by atomic mass is 16.5. The number of hydrogen-bond acceptors (Lipinski definition) is 5. The van der Waals surface area contributed by atoms with Gasteiger partial charge in [0.2, 0.25) is 0 Å². The molecule has 0 fully saturated rings. The van der Waals surface area contributed by atoms with Crippen molar-refractivity contribution >= 4 is 5.97 Å². The fourth-order valence-corrected chi connectivity index (χ4v) is 2.36. The number of nitrogens with zero attached hydrogens (tertiary/aromatic N) is 4. The minimum atomic E-state index is -0.218. The fourth-order valence-electron chi connectivity index (χ4n) is 2.36. The number of carbonyl (C=O) groups is 1. The Morgan fingerprint density at radius 3 is 2.38 bits per heavy atom. The molecule has 0 atom stereocenters. The van der Waals surface area contributed by atoms with Gasteiger partial charge in [-0.15, -0.1) is 0 Å². The maximum atomic E-state index is 11.3. The molecule has 0 aliphatic carbocycles. The molecule has 0 bridgehead atoms. The van der Waals surface area contributed by atoms with Crippen LogP contribution >= 0.6 is 0 Å². The highest BCUT2D eigenvalue weighted by Crippen LogP contribution is 2.18. The molecule has 0 saturated heterocycles. The van der Waals surface area contributed by atoms with Crippen molar-refractivity contribution in [3.05, 3.63) is 34.4 Å². The number of rotatable bonds is 4. The molecule has 0 aliphatic rings. The second-order valence-electron chi connectivity index (χ2n) is 5.09. The third kappa shape index (κ3) is 3.26. The number of aryl methyl sites for hydroxylation is 3. The number of carbonyl (C=O) groups excluding carboxylic acids is 1.